The van der Waals surface area contributed by atoms with Gasteiger partial charge >= 0.3 is 0 Å². The molecule has 0 aliphatic rings. The second kappa shape index (κ2) is 1.73. The van der Waals surface area contributed by atoms with Crippen LogP contribution in [0.3, 0.4) is 0 Å². The van der Waals surface area contributed by atoms with Crippen LogP contribution in [0.25, 0.3) is 0 Å². The van der Waals surface area contributed by atoms with Gasteiger partial charge in [0.2, 0.25) is 0 Å². The Morgan fingerprint density at radius 3 is 3.57 bits per heavy atom. The van der Waals surface area contributed by atoms with E-state index in [1.165, 1.54) is 0 Å². The zero-order valence-corrected chi connectivity index (χ0v) is 3.95. The summed E-state index contributed by atoms with van der Waals surface area (Å²) < 4.78 is 28.6. The van der Waals surface area contributed by atoms with Crippen molar-refractivity contribution >= 4 is 0 Å². The van der Waals surface area contributed by atoms with Gasteiger partial charge in [0.1, 0.15) is 0 Å². The van der Waals surface area contributed by atoms with Crippen LogP contribution in [-0.4, -0.2) is 4.98 Å². The predicted molar refractivity (Wildman–Crippen MR) is 29.0 cm³/mol. The van der Waals surface area contributed by atoms with Crippen molar-refractivity contribution in [3.63, 3.8) is 0 Å². The lowest BCUT2D eigenvalue weighted by molar-refractivity contribution is 1.27. The maximum absolute atomic E-state index is 7.26. The summed E-state index contributed by atoms with van der Waals surface area (Å²) in [5, 5.41) is 0. The van der Waals surface area contributed by atoms with E-state index in [1.807, 2.05) is 0 Å². The second-order valence-corrected chi connectivity index (χ2v) is 1.21. The van der Waals surface area contributed by atoms with Gasteiger partial charge in [0.25, 0.3) is 0 Å². The number of hydrogen-bond donors (Lipinski definition) is 0. The molecule has 1 heterocycles. The number of pyridine rings is 1. The third-order valence-corrected chi connectivity index (χ3v) is 0.585. The minimum atomic E-state index is -0.300. The summed E-state index contributed by atoms with van der Waals surface area (Å²) in [6, 6.07) is -0.284. The van der Waals surface area contributed by atoms with Crippen LogP contribution in [0.1, 0.15) is 11.0 Å². The smallest absolute Gasteiger partial charge is 0.0843 e. The van der Waals surface area contributed by atoms with E-state index < -0.39 is 0 Å². The summed E-state index contributed by atoms with van der Waals surface area (Å²) in [6.07, 6.45) is -0.387. The Labute approximate surface area is 48.6 Å². The number of aromatic nitrogens is 1. The van der Waals surface area contributed by atoms with Crippen LogP contribution in [0.5, 0.6) is 0 Å². The Kier molecular flexibility index (Phi) is 0.392. The predicted octanol–water partition coefficient (Wildman–Crippen LogP) is 1.39. The minimum Gasteiger partial charge on any atom is -0.264 e. The van der Waals surface area contributed by atoms with Crippen molar-refractivity contribution in [1.82, 2.24) is 4.98 Å². The molecule has 0 spiro atoms. The molecule has 0 aliphatic carbocycles. The highest BCUT2D eigenvalue weighted by molar-refractivity contribution is 5.04. The molecule has 1 aromatic heterocycles. The molecule has 0 aliphatic heterocycles. The summed E-state index contributed by atoms with van der Waals surface area (Å²) >= 11 is 0. The van der Waals surface area contributed by atoms with Crippen molar-refractivity contribution < 1.29 is 5.48 Å². The highest BCUT2D eigenvalue weighted by Crippen LogP contribution is 1.88. The van der Waals surface area contributed by atoms with Crippen molar-refractivity contribution in [1.29, 1.82) is 0 Å². The molecule has 0 unspecified atom stereocenters. The van der Waals surface area contributed by atoms with Gasteiger partial charge < -0.3 is 0 Å². The average molecular weight is 97.2 g/mol. The van der Waals surface area contributed by atoms with Gasteiger partial charge in [-0.25, -0.2) is 0 Å². The van der Waals surface area contributed by atoms with E-state index in [0.717, 1.165) is 0 Å². The van der Waals surface area contributed by atoms with E-state index in [1.54, 1.807) is 6.92 Å². The lowest BCUT2D eigenvalue weighted by Crippen LogP contribution is -1.69. The Bertz CT molecular complexity index is 271. The van der Waals surface area contributed by atoms with Crippen molar-refractivity contribution in [2.24, 2.45) is 0 Å². The van der Waals surface area contributed by atoms with E-state index in [-0.39, 0.29) is 24.4 Å². The van der Waals surface area contributed by atoms with Crippen LogP contribution in [0, 0.1) is 6.92 Å². The molecule has 1 heteroatoms. The summed E-state index contributed by atoms with van der Waals surface area (Å²) in [4.78, 5) is 3.46. The van der Waals surface area contributed by atoms with Crippen molar-refractivity contribution in [3.05, 3.63) is 30.0 Å². The molecule has 0 amide bonds. The molecule has 1 rings (SSSR count). The van der Waals surface area contributed by atoms with Gasteiger partial charge in [-0.2, -0.15) is 0 Å². The molecule has 0 saturated heterocycles. The van der Waals surface area contributed by atoms with Crippen molar-refractivity contribution in [3.8, 4) is 0 Å². The first-order valence-corrected chi connectivity index (χ1v) is 1.95. The van der Waals surface area contributed by atoms with Crippen LogP contribution < -0.4 is 0 Å². The van der Waals surface area contributed by atoms with Crippen LogP contribution >= 0.6 is 0 Å². The van der Waals surface area contributed by atoms with Gasteiger partial charge in [0.05, 0.1) is 5.48 Å². The van der Waals surface area contributed by atoms with Gasteiger partial charge in [-0.15, -0.1) is 0 Å². The Hall–Kier alpha value is -0.850. The number of rotatable bonds is 0. The quantitative estimate of drug-likeness (QED) is 0.476. The SMILES string of the molecule is [2H]c1nc([2H])c(C)c([2H])c1[2H]. The van der Waals surface area contributed by atoms with Gasteiger partial charge in [0, 0.05) is 12.3 Å². The molecule has 0 radical (unpaired) electrons. The maximum atomic E-state index is 7.26. The Morgan fingerprint density at radius 1 is 1.86 bits per heavy atom. The van der Waals surface area contributed by atoms with E-state index in [2.05, 4.69) is 4.98 Å². The van der Waals surface area contributed by atoms with Crippen LogP contribution in [-0.2, 0) is 0 Å². The summed E-state index contributed by atoms with van der Waals surface area (Å²) in [5.74, 6) is 0. The molecule has 1 aromatic rings. The minimum absolute atomic E-state index is 0.0741. The zero-order valence-electron chi connectivity index (χ0n) is 7.95. The fourth-order valence-electron chi connectivity index (χ4n) is 0.289. The number of hydrogen-bond acceptors (Lipinski definition) is 1. The van der Waals surface area contributed by atoms with Crippen molar-refractivity contribution in [2.75, 3.05) is 0 Å². The molecule has 36 valence electrons. The third kappa shape index (κ3) is 1.000. The molecule has 1 nitrogen and oxygen atoms in total. The normalized spacial score (nSPS) is 16.7. The molecule has 0 bridgehead atoms. The van der Waals surface area contributed by atoms with Crippen LogP contribution in [0.4, 0.5) is 0 Å². The van der Waals surface area contributed by atoms with E-state index in [4.69, 9.17) is 5.48 Å². The molecule has 0 aromatic carbocycles. The van der Waals surface area contributed by atoms with E-state index in [0.29, 0.717) is 5.56 Å². The van der Waals surface area contributed by atoms with Gasteiger partial charge in [-0.3, -0.25) is 4.98 Å². The maximum Gasteiger partial charge on any atom is 0.0843 e. The highest BCUT2D eigenvalue weighted by Gasteiger charge is 1.73. The first kappa shape index (κ1) is 1.58. The number of nitrogens with zero attached hydrogens (tertiary/aromatic N) is 1. The standard InChI is InChI=1S/C6H7N/c1-6-3-2-4-7-5-6/h2-5H,1H3/i2D,3D,4D,5D. The molecule has 0 atom stereocenters. The summed E-state index contributed by atoms with van der Waals surface area (Å²) in [7, 11) is 0. The van der Waals surface area contributed by atoms with Crippen LogP contribution in [0.15, 0.2) is 24.4 Å². The van der Waals surface area contributed by atoms with Crippen LogP contribution in [0.2, 0.25) is 0 Å². The fourth-order valence-corrected chi connectivity index (χ4v) is 0.289. The lowest BCUT2D eigenvalue weighted by Gasteiger charge is -1.82. The first-order valence-electron chi connectivity index (χ1n) is 3.95. The molecule has 7 heavy (non-hydrogen) atoms. The monoisotopic (exact) mass is 97.1 g/mol. The molecule has 0 fully saturated rings. The van der Waals surface area contributed by atoms with Gasteiger partial charge in [0.15, 0.2) is 0 Å². The second-order valence-electron chi connectivity index (χ2n) is 1.21. The Morgan fingerprint density at radius 2 is 2.71 bits per heavy atom. The summed E-state index contributed by atoms with van der Waals surface area (Å²) in [6.45, 7) is 1.55. The van der Waals surface area contributed by atoms with Crippen molar-refractivity contribution in [2.45, 2.75) is 6.92 Å². The third-order valence-electron chi connectivity index (χ3n) is 0.585. The zero-order chi connectivity index (χ0) is 8.59. The highest BCUT2D eigenvalue weighted by atomic mass is 14.6. The molecule has 0 saturated carbocycles. The summed E-state index contributed by atoms with van der Waals surface area (Å²) in [5.41, 5.74) is 0.353. The Balaban J connectivity index is 3.46. The van der Waals surface area contributed by atoms with E-state index in [9.17, 15) is 0 Å². The van der Waals surface area contributed by atoms with Gasteiger partial charge in [-0.1, -0.05) is 6.04 Å². The topological polar surface area (TPSA) is 12.9 Å². The largest absolute Gasteiger partial charge is 0.264 e. The fraction of sp³-hybridized carbons (Fsp3) is 0.167. The average Bonchev–Trinajstić information content (AvgIpc) is 1.97. The molecular weight excluding hydrogens is 86.1 g/mol. The first-order chi connectivity index (χ1) is 5.04. The molecule has 0 N–H and O–H groups in total. The lowest BCUT2D eigenvalue weighted by atomic mass is 10.3. The molecular formula is C6H7N. The van der Waals surface area contributed by atoms with E-state index >= 15 is 0 Å². The van der Waals surface area contributed by atoms with Gasteiger partial charge in [-0.05, 0) is 18.5 Å².